The summed E-state index contributed by atoms with van der Waals surface area (Å²) in [6.45, 7) is 3.70. The summed E-state index contributed by atoms with van der Waals surface area (Å²) in [5.74, 6) is -0.188. The molecule has 4 nitrogen and oxygen atoms in total. The quantitative estimate of drug-likeness (QED) is 0.721. The minimum absolute atomic E-state index is 0.152. The Bertz CT molecular complexity index is 763. The van der Waals surface area contributed by atoms with Crippen LogP contribution in [0.15, 0.2) is 42.5 Å². The van der Waals surface area contributed by atoms with E-state index in [1.54, 1.807) is 25.1 Å². The third-order valence-electron chi connectivity index (χ3n) is 3.27. The molecule has 7 heteroatoms. The van der Waals surface area contributed by atoms with Crippen LogP contribution in [0.25, 0.3) is 0 Å². The molecule has 0 heterocycles. The Kier molecular flexibility index (Phi) is 7.17. The van der Waals surface area contributed by atoms with E-state index in [2.05, 4.69) is 10.6 Å². The lowest BCUT2D eigenvalue weighted by molar-refractivity contribution is -0.115. The van der Waals surface area contributed by atoms with Gasteiger partial charge in [0.05, 0.1) is 11.0 Å². The zero-order valence-electron chi connectivity index (χ0n) is 13.8. The summed E-state index contributed by atoms with van der Waals surface area (Å²) in [4.78, 5) is 24.2. The summed E-state index contributed by atoms with van der Waals surface area (Å²) in [5.41, 5.74) is 2.34. The van der Waals surface area contributed by atoms with E-state index in [-0.39, 0.29) is 17.6 Å². The molecule has 2 aromatic carbocycles. The summed E-state index contributed by atoms with van der Waals surface area (Å²) >= 11 is 13.1. The fourth-order valence-corrected chi connectivity index (χ4v) is 3.28. The van der Waals surface area contributed by atoms with Crippen molar-refractivity contribution in [2.75, 3.05) is 16.4 Å². The summed E-state index contributed by atoms with van der Waals surface area (Å²) < 4.78 is 0. The molecule has 1 unspecified atom stereocenters. The van der Waals surface area contributed by atoms with Crippen LogP contribution >= 0.6 is 35.0 Å². The van der Waals surface area contributed by atoms with Gasteiger partial charge in [0.2, 0.25) is 11.8 Å². The highest BCUT2D eigenvalue weighted by atomic mass is 35.5. The molecule has 1 atom stereocenters. The molecule has 2 rings (SSSR count). The maximum Gasteiger partial charge on any atom is 0.237 e. The summed E-state index contributed by atoms with van der Waals surface area (Å²) in [6.07, 6.45) is 0. The van der Waals surface area contributed by atoms with Gasteiger partial charge in [-0.1, -0.05) is 35.3 Å². The lowest BCUT2D eigenvalue weighted by Crippen LogP contribution is -2.25. The second-order valence-corrected chi connectivity index (χ2v) is 7.72. The van der Waals surface area contributed by atoms with Gasteiger partial charge in [-0.2, -0.15) is 0 Å². The van der Waals surface area contributed by atoms with E-state index < -0.39 is 5.25 Å². The third-order valence-corrected chi connectivity index (χ3v) is 4.84. The van der Waals surface area contributed by atoms with Crippen LogP contribution in [0.3, 0.4) is 0 Å². The third kappa shape index (κ3) is 6.61. The van der Waals surface area contributed by atoms with Gasteiger partial charge >= 0.3 is 0 Å². The summed E-state index contributed by atoms with van der Waals surface area (Å²) in [5, 5.41) is 6.05. The highest BCUT2D eigenvalue weighted by molar-refractivity contribution is 8.01. The van der Waals surface area contributed by atoms with Gasteiger partial charge in [0, 0.05) is 21.4 Å². The van der Waals surface area contributed by atoms with Crippen LogP contribution in [-0.2, 0) is 9.59 Å². The first-order chi connectivity index (χ1) is 11.8. The Morgan fingerprint density at radius 1 is 1.04 bits per heavy atom. The van der Waals surface area contributed by atoms with Gasteiger partial charge in [-0.15, -0.1) is 11.8 Å². The van der Waals surface area contributed by atoms with Crippen molar-refractivity contribution in [2.24, 2.45) is 0 Å². The Hall–Kier alpha value is -1.69. The number of benzene rings is 2. The van der Waals surface area contributed by atoms with Crippen LogP contribution in [0, 0.1) is 6.92 Å². The average molecular weight is 397 g/mol. The van der Waals surface area contributed by atoms with Crippen LogP contribution in [-0.4, -0.2) is 22.8 Å². The maximum absolute atomic E-state index is 12.2. The summed E-state index contributed by atoms with van der Waals surface area (Å²) in [6, 6.07) is 12.4. The Morgan fingerprint density at radius 3 is 2.36 bits per heavy atom. The first-order valence-electron chi connectivity index (χ1n) is 7.58. The molecule has 25 heavy (non-hydrogen) atoms. The van der Waals surface area contributed by atoms with E-state index in [9.17, 15) is 9.59 Å². The smallest absolute Gasteiger partial charge is 0.237 e. The fraction of sp³-hybridized carbons (Fsp3) is 0.222. The number of halogens is 2. The predicted molar refractivity (Wildman–Crippen MR) is 107 cm³/mol. The Balaban J connectivity index is 1.83. The van der Waals surface area contributed by atoms with Crippen LogP contribution in [0.1, 0.15) is 12.5 Å². The molecule has 0 saturated carbocycles. The number of thioether (sulfide) groups is 1. The van der Waals surface area contributed by atoms with Gasteiger partial charge in [0.1, 0.15) is 0 Å². The Labute approximate surface area is 161 Å². The number of rotatable bonds is 6. The van der Waals surface area contributed by atoms with Gasteiger partial charge in [0.25, 0.3) is 0 Å². The minimum atomic E-state index is -0.402. The van der Waals surface area contributed by atoms with E-state index >= 15 is 0 Å². The van der Waals surface area contributed by atoms with E-state index in [1.165, 1.54) is 11.8 Å². The maximum atomic E-state index is 12.2. The fourth-order valence-electron chi connectivity index (χ4n) is 2.07. The molecule has 0 spiro atoms. The van der Waals surface area contributed by atoms with Crippen molar-refractivity contribution in [1.82, 2.24) is 0 Å². The van der Waals surface area contributed by atoms with Crippen molar-refractivity contribution in [3.05, 3.63) is 58.1 Å². The highest BCUT2D eigenvalue weighted by Gasteiger charge is 2.16. The first-order valence-corrected chi connectivity index (χ1v) is 9.39. The molecule has 0 bridgehead atoms. The molecule has 0 aliphatic heterocycles. The van der Waals surface area contributed by atoms with Crippen molar-refractivity contribution in [3.63, 3.8) is 0 Å². The standard InChI is InChI=1S/C18H18Cl2N2O2S/c1-11-4-3-5-15(6-11)21-17(23)10-25-12(2)18(24)22-16-8-13(19)7-14(20)9-16/h3-9,12H,10H2,1-2H3,(H,21,23)(H,22,24). The number of carbonyl (C=O) groups excluding carboxylic acids is 2. The lowest BCUT2D eigenvalue weighted by Gasteiger charge is -2.13. The zero-order valence-corrected chi connectivity index (χ0v) is 16.1. The second kappa shape index (κ2) is 9.13. The molecule has 0 saturated heterocycles. The minimum Gasteiger partial charge on any atom is -0.325 e. The van der Waals surface area contributed by atoms with Crippen molar-refractivity contribution in [2.45, 2.75) is 19.1 Å². The first kappa shape index (κ1) is 19.6. The predicted octanol–water partition coefficient (Wildman–Crippen LogP) is 5.00. The number of aryl methyl sites for hydroxylation is 1. The van der Waals surface area contributed by atoms with Gasteiger partial charge in [-0.05, 0) is 49.7 Å². The number of nitrogens with one attached hydrogen (secondary N) is 2. The van der Waals surface area contributed by atoms with Crippen LogP contribution in [0.5, 0.6) is 0 Å². The number of anilines is 2. The molecular weight excluding hydrogens is 379 g/mol. The molecule has 2 aromatic rings. The summed E-state index contributed by atoms with van der Waals surface area (Å²) in [7, 11) is 0. The Morgan fingerprint density at radius 2 is 1.72 bits per heavy atom. The van der Waals surface area contributed by atoms with Crippen molar-refractivity contribution >= 4 is 58.2 Å². The number of hydrogen-bond donors (Lipinski definition) is 2. The highest BCUT2D eigenvalue weighted by Crippen LogP contribution is 2.23. The van der Waals surface area contributed by atoms with E-state index in [4.69, 9.17) is 23.2 Å². The number of amides is 2. The SMILES string of the molecule is Cc1cccc(NC(=O)CSC(C)C(=O)Nc2cc(Cl)cc(Cl)c2)c1. The normalized spacial score (nSPS) is 11.7. The van der Waals surface area contributed by atoms with Crippen LogP contribution < -0.4 is 10.6 Å². The molecular formula is C18H18Cl2N2O2S. The van der Waals surface area contributed by atoms with E-state index in [0.717, 1.165) is 11.3 Å². The molecule has 0 fully saturated rings. The van der Waals surface area contributed by atoms with Crippen LogP contribution in [0.4, 0.5) is 11.4 Å². The van der Waals surface area contributed by atoms with Crippen molar-refractivity contribution < 1.29 is 9.59 Å². The average Bonchev–Trinajstić information content (AvgIpc) is 2.51. The van der Waals surface area contributed by atoms with Gasteiger partial charge in [0.15, 0.2) is 0 Å². The number of carbonyl (C=O) groups is 2. The van der Waals surface area contributed by atoms with Gasteiger partial charge < -0.3 is 10.6 Å². The van der Waals surface area contributed by atoms with E-state index in [1.807, 2.05) is 31.2 Å². The zero-order chi connectivity index (χ0) is 18.4. The molecule has 132 valence electrons. The largest absolute Gasteiger partial charge is 0.325 e. The molecule has 0 radical (unpaired) electrons. The number of hydrogen-bond acceptors (Lipinski definition) is 3. The van der Waals surface area contributed by atoms with E-state index in [0.29, 0.717) is 15.7 Å². The molecule has 2 amide bonds. The lowest BCUT2D eigenvalue weighted by atomic mass is 10.2. The van der Waals surface area contributed by atoms with Gasteiger partial charge in [-0.25, -0.2) is 0 Å². The molecule has 0 aliphatic carbocycles. The van der Waals surface area contributed by atoms with Crippen molar-refractivity contribution in [3.8, 4) is 0 Å². The van der Waals surface area contributed by atoms with Crippen LogP contribution in [0.2, 0.25) is 10.0 Å². The molecule has 0 aliphatic rings. The molecule has 0 aromatic heterocycles. The van der Waals surface area contributed by atoms with Gasteiger partial charge in [-0.3, -0.25) is 9.59 Å². The second-order valence-electron chi connectivity index (χ2n) is 5.52. The van der Waals surface area contributed by atoms with Crippen molar-refractivity contribution in [1.29, 1.82) is 0 Å². The topological polar surface area (TPSA) is 58.2 Å². The molecule has 2 N–H and O–H groups in total. The monoisotopic (exact) mass is 396 g/mol.